The highest BCUT2D eigenvalue weighted by Crippen LogP contribution is 2.25. The van der Waals surface area contributed by atoms with Gasteiger partial charge in [-0.15, -0.1) is 0 Å². The molecule has 2 aromatic rings. The van der Waals surface area contributed by atoms with Crippen LogP contribution in [0.2, 0.25) is 0 Å². The fraction of sp³-hybridized carbons (Fsp3) is 0.438. The second-order valence-electron chi connectivity index (χ2n) is 6.24. The van der Waals surface area contributed by atoms with Gasteiger partial charge in [0.25, 0.3) is 0 Å². The Kier molecular flexibility index (Phi) is 4.97. The van der Waals surface area contributed by atoms with Crippen molar-refractivity contribution < 1.29 is 22.5 Å². The number of amides is 1. The van der Waals surface area contributed by atoms with Crippen LogP contribution >= 0.6 is 0 Å². The minimum Gasteiger partial charge on any atom is -0.443 e. The van der Waals surface area contributed by atoms with Gasteiger partial charge >= 0.3 is 6.09 Å². The van der Waals surface area contributed by atoms with E-state index in [1.807, 2.05) is 0 Å². The number of hydrogen-bond donors (Lipinski definition) is 1. The minimum absolute atomic E-state index is 0.0446. The smallest absolute Gasteiger partial charge is 0.414 e. The van der Waals surface area contributed by atoms with E-state index in [2.05, 4.69) is 14.9 Å². The fourth-order valence-corrected chi connectivity index (χ4v) is 3.17. The standard InChI is InChI=1S/C16H20N4O5S/c1-10(2)26(22,23)17-8-14-9-20(16(21)24-14)13-6-4-12(5-7-13)15-18-11(3)25-19-15/h4-7,10,14,17H,8-9H2,1-3H3. The van der Waals surface area contributed by atoms with Crippen molar-refractivity contribution in [2.75, 3.05) is 18.0 Å². The molecule has 0 bridgehead atoms. The number of aryl methyl sites for hydroxylation is 1. The van der Waals surface area contributed by atoms with Crippen LogP contribution in [-0.2, 0) is 14.8 Å². The first-order valence-corrected chi connectivity index (χ1v) is 9.68. The van der Waals surface area contributed by atoms with Crippen LogP contribution in [0.5, 0.6) is 0 Å². The highest BCUT2D eigenvalue weighted by atomic mass is 32.2. The van der Waals surface area contributed by atoms with E-state index < -0.39 is 27.5 Å². The zero-order chi connectivity index (χ0) is 18.9. The maximum atomic E-state index is 12.1. The number of aromatic nitrogens is 2. The van der Waals surface area contributed by atoms with Crippen LogP contribution < -0.4 is 9.62 Å². The summed E-state index contributed by atoms with van der Waals surface area (Å²) in [6, 6.07) is 7.06. The minimum atomic E-state index is -3.40. The summed E-state index contributed by atoms with van der Waals surface area (Å²) in [6.07, 6.45) is -1.06. The first kappa shape index (κ1) is 18.3. The molecular weight excluding hydrogens is 360 g/mol. The van der Waals surface area contributed by atoms with Gasteiger partial charge in [0, 0.05) is 24.7 Å². The number of nitrogens with zero attached hydrogens (tertiary/aromatic N) is 3. The van der Waals surface area contributed by atoms with Crippen molar-refractivity contribution in [3.05, 3.63) is 30.2 Å². The van der Waals surface area contributed by atoms with Gasteiger partial charge in [-0.05, 0) is 38.1 Å². The van der Waals surface area contributed by atoms with E-state index >= 15 is 0 Å². The lowest BCUT2D eigenvalue weighted by Gasteiger charge is -2.14. The molecule has 1 aromatic heterocycles. The molecule has 9 nitrogen and oxygen atoms in total. The molecule has 3 rings (SSSR count). The predicted molar refractivity (Wildman–Crippen MR) is 94.1 cm³/mol. The average Bonchev–Trinajstić information content (AvgIpc) is 3.19. The number of rotatable bonds is 6. The van der Waals surface area contributed by atoms with Crippen molar-refractivity contribution in [2.24, 2.45) is 0 Å². The molecule has 1 aliphatic rings. The van der Waals surface area contributed by atoms with Gasteiger partial charge < -0.3 is 9.26 Å². The molecule has 1 unspecified atom stereocenters. The Morgan fingerprint density at radius 3 is 2.58 bits per heavy atom. The molecule has 1 saturated heterocycles. The summed E-state index contributed by atoms with van der Waals surface area (Å²) in [4.78, 5) is 17.7. The van der Waals surface area contributed by atoms with Gasteiger partial charge in [0.15, 0.2) is 0 Å². The third-order valence-electron chi connectivity index (χ3n) is 3.97. The Hall–Kier alpha value is -2.46. The molecule has 1 N–H and O–H groups in total. The van der Waals surface area contributed by atoms with E-state index in [1.54, 1.807) is 45.0 Å². The molecule has 0 radical (unpaired) electrons. The van der Waals surface area contributed by atoms with Gasteiger partial charge in [-0.3, -0.25) is 4.90 Å². The molecule has 0 saturated carbocycles. The molecule has 1 atom stereocenters. The van der Waals surface area contributed by atoms with Gasteiger partial charge in [-0.25, -0.2) is 17.9 Å². The van der Waals surface area contributed by atoms with Gasteiger partial charge in [0.05, 0.1) is 11.8 Å². The van der Waals surface area contributed by atoms with Gasteiger partial charge in [-0.2, -0.15) is 4.98 Å². The maximum absolute atomic E-state index is 12.1. The zero-order valence-corrected chi connectivity index (χ0v) is 15.5. The lowest BCUT2D eigenvalue weighted by Crippen LogP contribution is -2.38. The van der Waals surface area contributed by atoms with Crippen LogP contribution in [0.4, 0.5) is 10.5 Å². The van der Waals surface area contributed by atoms with Crippen molar-refractivity contribution in [3.8, 4) is 11.4 Å². The van der Waals surface area contributed by atoms with E-state index in [0.717, 1.165) is 5.56 Å². The number of ether oxygens (including phenoxy) is 1. The Bertz CT molecular complexity index is 892. The highest BCUT2D eigenvalue weighted by molar-refractivity contribution is 7.90. The summed E-state index contributed by atoms with van der Waals surface area (Å²) < 4.78 is 36.3. The largest absolute Gasteiger partial charge is 0.443 e. The SMILES string of the molecule is Cc1nc(-c2ccc(N3CC(CNS(=O)(=O)C(C)C)OC3=O)cc2)no1. The van der Waals surface area contributed by atoms with Crippen LogP contribution in [0.25, 0.3) is 11.4 Å². The first-order valence-electron chi connectivity index (χ1n) is 8.13. The lowest BCUT2D eigenvalue weighted by molar-refractivity contribution is 0.143. The van der Waals surface area contributed by atoms with Crippen LogP contribution in [0.3, 0.4) is 0 Å². The monoisotopic (exact) mass is 380 g/mol. The summed E-state index contributed by atoms with van der Waals surface area (Å²) >= 11 is 0. The van der Waals surface area contributed by atoms with E-state index in [-0.39, 0.29) is 13.1 Å². The number of sulfonamides is 1. The van der Waals surface area contributed by atoms with Crippen molar-refractivity contribution in [1.29, 1.82) is 0 Å². The van der Waals surface area contributed by atoms with Gasteiger partial charge in [0.1, 0.15) is 6.10 Å². The van der Waals surface area contributed by atoms with Crippen LogP contribution in [0, 0.1) is 6.92 Å². The normalized spacial score (nSPS) is 17.8. The van der Waals surface area contributed by atoms with E-state index in [9.17, 15) is 13.2 Å². The summed E-state index contributed by atoms with van der Waals surface area (Å²) in [5.74, 6) is 0.943. The number of benzene rings is 1. The summed E-state index contributed by atoms with van der Waals surface area (Å²) in [6.45, 7) is 5.19. The molecule has 26 heavy (non-hydrogen) atoms. The Labute approximate surface area is 151 Å². The number of hydrogen-bond acceptors (Lipinski definition) is 7. The molecule has 1 amide bonds. The number of anilines is 1. The van der Waals surface area contributed by atoms with Gasteiger partial charge in [-0.1, -0.05) is 5.16 Å². The second kappa shape index (κ2) is 7.04. The molecule has 1 aliphatic heterocycles. The topological polar surface area (TPSA) is 115 Å². The van der Waals surface area contributed by atoms with Crippen molar-refractivity contribution >= 4 is 21.8 Å². The van der Waals surface area contributed by atoms with E-state index in [0.29, 0.717) is 17.4 Å². The van der Waals surface area contributed by atoms with E-state index in [4.69, 9.17) is 9.26 Å². The van der Waals surface area contributed by atoms with Crippen molar-refractivity contribution in [3.63, 3.8) is 0 Å². The lowest BCUT2D eigenvalue weighted by atomic mass is 10.2. The molecular formula is C16H20N4O5S. The molecule has 140 valence electrons. The average molecular weight is 380 g/mol. The van der Waals surface area contributed by atoms with Gasteiger partial charge in [0.2, 0.25) is 21.7 Å². The Morgan fingerprint density at radius 1 is 1.31 bits per heavy atom. The molecule has 0 spiro atoms. The molecule has 0 aliphatic carbocycles. The predicted octanol–water partition coefficient (Wildman–Crippen LogP) is 1.70. The highest BCUT2D eigenvalue weighted by Gasteiger charge is 2.33. The Morgan fingerprint density at radius 2 is 2.00 bits per heavy atom. The third-order valence-corrected chi connectivity index (χ3v) is 5.78. The number of carbonyl (C=O) groups is 1. The van der Waals surface area contributed by atoms with Crippen LogP contribution in [0.1, 0.15) is 19.7 Å². The molecule has 1 aromatic carbocycles. The van der Waals surface area contributed by atoms with Crippen LogP contribution in [0.15, 0.2) is 28.8 Å². The van der Waals surface area contributed by atoms with Crippen LogP contribution in [-0.4, -0.2) is 49.1 Å². The third kappa shape index (κ3) is 3.86. The van der Waals surface area contributed by atoms with Crippen molar-refractivity contribution in [2.45, 2.75) is 32.1 Å². The maximum Gasteiger partial charge on any atom is 0.414 e. The summed E-state index contributed by atoms with van der Waals surface area (Å²) in [5, 5.41) is 3.30. The quantitative estimate of drug-likeness (QED) is 0.811. The number of nitrogens with one attached hydrogen (secondary N) is 1. The first-order chi connectivity index (χ1) is 12.3. The summed E-state index contributed by atoms with van der Waals surface area (Å²) in [7, 11) is -3.40. The number of cyclic esters (lactones) is 1. The van der Waals surface area contributed by atoms with E-state index in [1.165, 1.54) is 4.90 Å². The molecule has 2 heterocycles. The molecule has 1 fully saturated rings. The zero-order valence-electron chi connectivity index (χ0n) is 14.7. The molecule has 10 heteroatoms. The van der Waals surface area contributed by atoms with Crippen molar-refractivity contribution in [1.82, 2.24) is 14.9 Å². The second-order valence-corrected chi connectivity index (χ2v) is 8.56. The Balaban J connectivity index is 1.65. The fourth-order valence-electron chi connectivity index (χ4n) is 2.42. The number of carbonyl (C=O) groups excluding carboxylic acids is 1. The summed E-state index contributed by atoms with van der Waals surface area (Å²) in [5.41, 5.74) is 1.41.